The minimum atomic E-state index is -0.276. The van der Waals surface area contributed by atoms with Gasteiger partial charge in [-0.2, -0.15) is 20.1 Å². The lowest BCUT2D eigenvalue weighted by molar-refractivity contribution is 0.302. The first-order valence-electron chi connectivity index (χ1n) is 12.5. The van der Waals surface area contributed by atoms with Gasteiger partial charge in [0.1, 0.15) is 18.2 Å². The number of para-hydroxylation sites is 1. The van der Waals surface area contributed by atoms with Gasteiger partial charge in [-0.05, 0) is 98.6 Å². The van der Waals surface area contributed by atoms with Gasteiger partial charge in [-0.15, -0.1) is 0 Å². The SMILES string of the molecule is Fc1ccc(COc2c(Br)cc(/C=N\Nc3nc(Nc4ccccc4)nc(N4CCCCC4)n3)cc2Br)cc1. The van der Waals surface area contributed by atoms with Gasteiger partial charge < -0.3 is 15.0 Å². The zero-order valence-corrected chi connectivity index (χ0v) is 24.1. The third-order valence-corrected chi connectivity index (χ3v) is 7.17. The number of hydrogen-bond donors (Lipinski definition) is 2. The third-order valence-electron chi connectivity index (χ3n) is 5.99. The van der Waals surface area contributed by atoms with Crippen LogP contribution in [0.2, 0.25) is 0 Å². The molecule has 8 nitrogen and oxygen atoms in total. The maximum absolute atomic E-state index is 13.2. The van der Waals surface area contributed by atoms with Crippen LogP contribution in [-0.4, -0.2) is 34.3 Å². The summed E-state index contributed by atoms with van der Waals surface area (Å²) in [5.41, 5.74) is 5.53. The van der Waals surface area contributed by atoms with E-state index in [0.29, 0.717) is 30.2 Å². The van der Waals surface area contributed by atoms with E-state index >= 15 is 0 Å². The highest BCUT2D eigenvalue weighted by Crippen LogP contribution is 2.35. The summed E-state index contributed by atoms with van der Waals surface area (Å²) in [6.07, 6.45) is 5.12. The fourth-order valence-corrected chi connectivity index (χ4v) is 5.50. The third kappa shape index (κ3) is 7.51. The molecule has 1 saturated heterocycles. The standard InChI is InChI=1S/C28H26Br2FN7O/c29-23-15-20(16-24(30)25(23)39-18-19-9-11-21(31)12-10-19)17-32-37-27-34-26(33-22-7-3-1-4-8-22)35-28(36-27)38-13-5-2-6-14-38/h1,3-4,7-12,15-17H,2,5-6,13-14,18H2,(H2,33,34,35,36,37)/b32-17-. The first-order valence-corrected chi connectivity index (χ1v) is 14.1. The highest BCUT2D eigenvalue weighted by atomic mass is 79.9. The highest BCUT2D eigenvalue weighted by molar-refractivity contribution is 9.11. The molecule has 1 aliphatic rings. The van der Waals surface area contributed by atoms with Crippen LogP contribution in [-0.2, 0) is 6.61 Å². The monoisotopic (exact) mass is 653 g/mol. The molecular weight excluding hydrogens is 629 g/mol. The number of piperidine rings is 1. The molecule has 2 heterocycles. The molecule has 1 aromatic heterocycles. The summed E-state index contributed by atoms with van der Waals surface area (Å²) in [6.45, 7) is 2.13. The van der Waals surface area contributed by atoms with Crippen molar-refractivity contribution in [1.82, 2.24) is 15.0 Å². The first-order chi connectivity index (χ1) is 19.0. The fourth-order valence-electron chi connectivity index (χ4n) is 4.05. The Kier molecular flexibility index (Phi) is 9.00. The second-order valence-corrected chi connectivity index (χ2v) is 10.6. The minimum Gasteiger partial charge on any atom is -0.487 e. The van der Waals surface area contributed by atoms with Gasteiger partial charge in [0.25, 0.3) is 0 Å². The van der Waals surface area contributed by atoms with Crippen LogP contribution in [0, 0.1) is 5.82 Å². The van der Waals surface area contributed by atoms with E-state index in [1.165, 1.54) is 18.6 Å². The number of hydrazone groups is 1. The van der Waals surface area contributed by atoms with Crippen molar-refractivity contribution < 1.29 is 9.13 Å². The Bertz CT molecular complexity index is 1410. The van der Waals surface area contributed by atoms with Crippen molar-refractivity contribution in [3.05, 3.63) is 92.6 Å². The molecule has 2 N–H and O–H groups in total. The molecule has 0 amide bonds. The number of anilines is 4. The van der Waals surface area contributed by atoms with E-state index in [0.717, 1.165) is 51.7 Å². The molecule has 0 radical (unpaired) electrons. The number of nitrogens with one attached hydrogen (secondary N) is 2. The first kappa shape index (κ1) is 27.0. The molecule has 1 aliphatic heterocycles. The Balaban J connectivity index is 1.29. The van der Waals surface area contributed by atoms with Crippen molar-refractivity contribution in [3.63, 3.8) is 0 Å². The number of ether oxygens (including phenoxy) is 1. The lowest BCUT2D eigenvalue weighted by atomic mass is 10.1. The topological polar surface area (TPSA) is 87.6 Å². The molecule has 0 saturated carbocycles. The maximum Gasteiger partial charge on any atom is 0.250 e. The number of benzene rings is 3. The number of halogens is 3. The molecule has 0 unspecified atom stereocenters. The quantitative estimate of drug-likeness (QED) is 0.145. The van der Waals surface area contributed by atoms with Crippen molar-refractivity contribution in [2.45, 2.75) is 25.9 Å². The molecule has 0 aliphatic carbocycles. The second kappa shape index (κ2) is 13.0. The molecule has 5 rings (SSSR count). The van der Waals surface area contributed by atoms with Gasteiger partial charge in [-0.3, -0.25) is 0 Å². The smallest absolute Gasteiger partial charge is 0.250 e. The van der Waals surface area contributed by atoms with E-state index < -0.39 is 0 Å². The van der Waals surface area contributed by atoms with Crippen LogP contribution in [0.4, 0.5) is 27.9 Å². The fraction of sp³-hybridized carbons (Fsp3) is 0.214. The Morgan fingerprint density at radius 3 is 2.31 bits per heavy atom. The van der Waals surface area contributed by atoms with Crippen molar-refractivity contribution in [3.8, 4) is 5.75 Å². The summed E-state index contributed by atoms with van der Waals surface area (Å²) >= 11 is 7.14. The summed E-state index contributed by atoms with van der Waals surface area (Å²) < 4.78 is 20.6. The van der Waals surface area contributed by atoms with Crippen LogP contribution >= 0.6 is 31.9 Å². The zero-order valence-electron chi connectivity index (χ0n) is 20.9. The predicted molar refractivity (Wildman–Crippen MR) is 159 cm³/mol. The highest BCUT2D eigenvalue weighted by Gasteiger charge is 2.16. The van der Waals surface area contributed by atoms with Gasteiger partial charge in [0.05, 0.1) is 15.2 Å². The van der Waals surface area contributed by atoms with Gasteiger partial charge in [-0.25, -0.2) is 9.82 Å². The van der Waals surface area contributed by atoms with Crippen LogP contribution in [0.15, 0.2) is 80.8 Å². The second-order valence-electron chi connectivity index (χ2n) is 8.92. The summed E-state index contributed by atoms with van der Waals surface area (Å²) in [4.78, 5) is 16.0. The Morgan fingerprint density at radius 1 is 0.897 bits per heavy atom. The van der Waals surface area contributed by atoms with E-state index in [2.05, 4.69) is 67.6 Å². The molecule has 11 heteroatoms. The number of hydrogen-bond acceptors (Lipinski definition) is 8. The lowest BCUT2D eigenvalue weighted by Gasteiger charge is -2.26. The number of rotatable bonds is 9. The van der Waals surface area contributed by atoms with E-state index in [1.54, 1.807) is 18.3 Å². The molecule has 200 valence electrons. The maximum atomic E-state index is 13.2. The van der Waals surface area contributed by atoms with Crippen molar-refractivity contribution in [2.75, 3.05) is 28.7 Å². The molecule has 0 spiro atoms. The molecule has 0 bridgehead atoms. The normalized spacial score (nSPS) is 13.5. The molecule has 1 fully saturated rings. The van der Waals surface area contributed by atoms with Gasteiger partial charge >= 0.3 is 0 Å². The molecule has 0 atom stereocenters. The average Bonchev–Trinajstić information content (AvgIpc) is 2.94. The molecular formula is C28H26Br2FN7O. The van der Waals surface area contributed by atoms with Crippen molar-refractivity contribution >= 4 is 61.6 Å². The van der Waals surface area contributed by atoms with Crippen LogP contribution < -0.4 is 20.4 Å². The lowest BCUT2D eigenvalue weighted by Crippen LogP contribution is -2.31. The van der Waals surface area contributed by atoms with Crippen molar-refractivity contribution in [2.24, 2.45) is 5.10 Å². The summed E-state index contributed by atoms with van der Waals surface area (Å²) in [5, 5.41) is 7.62. The van der Waals surface area contributed by atoms with Crippen LogP contribution in [0.3, 0.4) is 0 Å². The largest absolute Gasteiger partial charge is 0.487 e. The van der Waals surface area contributed by atoms with Gasteiger partial charge in [-0.1, -0.05) is 30.3 Å². The van der Waals surface area contributed by atoms with E-state index in [4.69, 9.17) is 4.74 Å². The zero-order chi connectivity index (χ0) is 27.0. The van der Waals surface area contributed by atoms with E-state index in [-0.39, 0.29) is 5.82 Å². The molecule has 4 aromatic rings. The van der Waals surface area contributed by atoms with E-state index in [9.17, 15) is 4.39 Å². The molecule has 39 heavy (non-hydrogen) atoms. The van der Waals surface area contributed by atoms with Gasteiger partial charge in [0.15, 0.2) is 0 Å². The van der Waals surface area contributed by atoms with Crippen molar-refractivity contribution in [1.29, 1.82) is 0 Å². The summed E-state index contributed by atoms with van der Waals surface area (Å²) in [6, 6.07) is 19.8. The summed E-state index contributed by atoms with van der Waals surface area (Å²) in [7, 11) is 0. The van der Waals surface area contributed by atoms with Gasteiger partial charge in [0.2, 0.25) is 17.8 Å². The number of nitrogens with zero attached hydrogens (tertiary/aromatic N) is 5. The summed E-state index contributed by atoms with van der Waals surface area (Å²) in [5.74, 6) is 1.78. The minimum absolute atomic E-state index is 0.276. The Hall–Kier alpha value is -3.57. The Morgan fingerprint density at radius 2 is 1.59 bits per heavy atom. The predicted octanol–water partition coefficient (Wildman–Crippen LogP) is 7.29. The van der Waals surface area contributed by atoms with Crippen LogP contribution in [0.1, 0.15) is 30.4 Å². The van der Waals surface area contributed by atoms with E-state index in [1.807, 2.05) is 42.5 Å². The van der Waals surface area contributed by atoms with Crippen LogP contribution in [0.25, 0.3) is 0 Å². The Labute approximate surface area is 243 Å². The average molecular weight is 655 g/mol. The molecule has 3 aromatic carbocycles. The number of aromatic nitrogens is 3. The van der Waals surface area contributed by atoms with Gasteiger partial charge in [0, 0.05) is 18.8 Å². The van der Waals surface area contributed by atoms with Crippen LogP contribution in [0.5, 0.6) is 5.75 Å².